The molecule has 2 aromatic rings. The molecule has 1 heterocycles. The van der Waals surface area contributed by atoms with Crippen LogP contribution < -0.4 is 5.32 Å². The Morgan fingerprint density at radius 3 is 2.55 bits per heavy atom. The van der Waals surface area contributed by atoms with Gasteiger partial charge in [-0.25, -0.2) is 9.97 Å². The number of hydrogen-bond acceptors (Lipinski definition) is 5. The van der Waals surface area contributed by atoms with Crippen molar-refractivity contribution in [3.8, 4) is 11.4 Å². The standard InChI is InChI=1S/C14H16N4O2/c1-10(2)16-9-12-7-8-15-14(17-12)11-3-5-13(6-4-11)18(19)20/h3-8,10,16H,9H2,1-2H3. The molecular weight excluding hydrogens is 256 g/mol. The number of nitrogens with zero attached hydrogens (tertiary/aromatic N) is 3. The van der Waals surface area contributed by atoms with Gasteiger partial charge in [0.15, 0.2) is 5.82 Å². The zero-order chi connectivity index (χ0) is 14.5. The third kappa shape index (κ3) is 3.58. The first-order chi connectivity index (χ1) is 9.56. The van der Waals surface area contributed by atoms with E-state index in [0.29, 0.717) is 18.4 Å². The Morgan fingerprint density at radius 2 is 1.95 bits per heavy atom. The van der Waals surface area contributed by atoms with Gasteiger partial charge in [0.2, 0.25) is 0 Å². The Bertz CT molecular complexity index is 596. The second-order valence-electron chi connectivity index (χ2n) is 4.71. The van der Waals surface area contributed by atoms with Gasteiger partial charge in [-0.3, -0.25) is 10.1 Å². The normalized spacial score (nSPS) is 10.8. The van der Waals surface area contributed by atoms with Crippen molar-refractivity contribution in [2.24, 2.45) is 0 Å². The van der Waals surface area contributed by atoms with Gasteiger partial charge >= 0.3 is 0 Å². The van der Waals surface area contributed by atoms with Gasteiger partial charge < -0.3 is 5.32 Å². The second kappa shape index (κ2) is 6.21. The molecule has 0 unspecified atom stereocenters. The van der Waals surface area contributed by atoms with E-state index in [1.165, 1.54) is 12.1 Å². The van der Waals surface area contributed by atoms with Gasteiger partial charge in [-0.05, 0) is 18.2 Å². The van der Waals surface area contributed by atoms with Gasteiger partial charge in [0.05, 0.1) is 10.6 Å². The lowest BCUT2D eigenvalue weighted by atomic mass is 10.2. The second-order valence-corrected chi connectivity index (χ2v) is 4.71. The number of nitro benzene ring substituents is 1. The van der Waals surface area contributed by atoms with Crippen molar-refractivity contribution < 1.29 is 4.92 Å². The zero-order valence-electron chi connectivity index (χ0n) is 11.4. The topological polar surface area (TPSA) is 81.0 Å². The summed E-state index contributed by atoms with van der Waals surface area (Å²) in [6, 6.07) is 8.47. The summed E-state index contributed by atoms with van der Waals surface area (Å²) in [7, 11) is 0. The van der Waals surface area contributed by atoms with Crippen LogP contribution in [0.15, 0.2) is 36.5 Å². The summed E-state index contributed by atoms with van der Waals surface area (Å²) in [6.45, 7) is 4.80. The highest BCUT2D eigenvalue weighted by molar-refractivity contribution is 5.57. The molecule has 0 saturated carbocycles. The molecule has 1 aromatic heterocycles. The van der Waals surface area contributed by atoms with Crippen LogP contribution >= 0.6 is 0 Å². The molecule has 6 nitrogen and oxygen atoms in total. The number of nitro groups is 1. The van der Waals surface area contributed by atoms with Crippen molar-refractivity contribution in [3.63, 3.8) is 0 Å². The Labute approximate surface area is 117 Å². The molecule has 0 bridgehead atoms. The maximum atomic E-state index is 10.6. The number of non-ortho nitro benzene ring substituents is 1. The minimum Gasteiger partial charge on any atom is -0.309 e. The van der Waals surface area contributed by atoms with Crippen LogP contribution in [0.5, 0.6) is 0 Å². The van der Waals surface area contributed by atoms with Crippen LogP contribution in [-0.4, -0.2) is 20.9 Å². The van der Waals surface area contributed by atoms with E-state index in [4.69, 9.17) is 0 Å². The van der Waals surface area contributed by atoms with Crippen molar-refractivity contribution in [2.75, 3.05) is 0 Å². The first-order valence-electron chi connectivity index (χ1n) is 6.36. The maximum Gasteiger partial charge on any atom is 0.269 e. The molecule has 0 aliphatic carbocycles. The Morgan fingerprint density at radius 1 is 1.25 bits per heavy atom. The summed E-state index contributed by atoms with van der Waals surface area (Å²) in [5, 5.41) is 13.9. The van der Waals surface area contributed by atoms with Crippen molar-refractivity contribution in [1.82, 2.24) is 15.3 Å². The van der Waals surface area contributed by atoms with E-state index in [0.717, 1.165) is 11.3 Å². The monoisotopic (exact) mass is 272 g/mol. The fourth-order valence-electron chi connectivity index (χ4n) is 1.67. The molecule has 20 heavy (non-hydrogen) atoms. The maximum absolute atomic E-state index is 10.6. The fourth-order valence-corrected chi connectivity index (χ4v) is 1.67. The molecule has 104 valence electrons. The SMILES string of the molecule is CC(C)NCc1ccnc(-c2ccc([N+](=O)[O-])cc2)n1. The molecule has 1 N–H and O–H groups in total. The molecule has 0 atom stereocenters. The van der Waals surface area contributed by atoms with Crippen molar-refractivity contribution in [2.45, 2.75) is 26.4 Å². The quantitative estimate of drug-likeness (QED) is 0.668. The molecule has 0 aliphatic heterocycles. The first kappa shape index (κ1) is 14.1. The smallest absolute Gasteiger partial charge is 0.269 e. The molecule has 1 aromatic carbocycles. The molecule has 0 spiro atoms. The molecule has 0 radical (unpaired) electrons. The lowest BCUT2D eigenvalue weighted by molar-refractivity contribution is -0.384. The molecule has 0 aliphatic rings. The predicted molar refractivity (Wildman–Crippen MR) is 76.1 cm³/mol. The highest BCUT2D eigenvalue weighted by Gasteiger charge is 2.07. The van der Waals surface area contributed by atoms with Crippen LogP contribution in [-0.2, 0) is 6.54 Å². The largest absolute Gasteiger partial charge is 0.309 e. The molecule has 0 amide bonds. The van der Waals surface area contributed by atoms with Gasteiger partial charge in [-0.15, -0.1) is 0 Å². The molecular formula is C14H16N4O2. The molecule has 0 fully saturated rings. The van der Waals surface area contributed by atoms with Crippen molar-refractivity contribution in [3.05, 3.63) is 52.3 Å². The minimum atomic E-state index is -0.423. The summed E-state index contributed by atoms with van der Waals surface area (Å²) in [6.07, 6.45) is 1.70. The fraction of sp³-hybridized carbons (Fsp3) is 0.286. The lowest BCUT2D eigenvalue weighted by Gasteiger charge is -2.08. The highest BCUT2D eigenvalue weighted by atomic mass is 16.6. The van der Waals surface area contributed by atoms with Crippen LogP contribution in [0, 0.1) is 10.1 Å². The molecule has 6 heteroatoms. The third-order valence-electron chi connectivity index (χ3n) is 2.74. The Kier molecular flexibility index (Phi) is 4.37. The van der Waals surface area contributed by atoms with E-state index in [9.17, 15) is 10.1 Å². The Balaban J connectivity index is 2.19. The van der Waals surface area contributed by atoms with Gasteiger partial charge in [-0.1, -0.05) is 13.8 Å². The Hall–Kier alpha value is -2.34. The van der Waals surface area contributed by atoms with Crippen LogP contribution in [0.4, 0.5) is 5.69 Å². The van der Waals surface area contributed by atoms with Crippen LogP contribution in [0.2, 0.25) is 0 Å². The zero-order valence-corrected chi connectivity index (χ0v) is 11.4. The summed E-state index contributed by atoms with van der Waals surface area (Å²) in [4.78, 5) is 18.8. The number of rotatable bonds is 5. The van der Waals surface area contributed by atoms with Crippen LogP contribution in [0.1, 0.15) is 19.5 Å². The first-order valence-corrected chi connectivity index (χ1v) is 6.36. The van der Waals surface area contributed by atoms with Crippen LogP contribution in [0.3, 0.4) is 0 Å². The van der Waals surface area contributed by atoms with E-state index in [2.05, 4.69) is 29.1 Å². The average Bonchev–Trinajstić information content (AvgIpc) is 2.45. The molecule has 0 saturated heterocycles. The number of hydrogen-bond donors (Lipinski definition) is 1. The van der Waals surface area contributed by atoms with Gasteiger partial charge in [0, 0.05) is 36.5 Å². The summed E-state index contributed by atoms with van der Waals surface area (Å²) in [5.74, 6) is 0.572. The summed E-state index contributed by atoms with van der Waals surface area (Å²) >= 11 is 0. The van der Waals surface area contributed by atoms with Crippen molar-refractivity contribution in [1.29, 1.82) is 0 Å². The number of benzene rings is 1. The number of nitrogens with one attached hydrogen (secondary N) is 1. The minimum absolute atomic E-state index is 0.0615. The number of aromatic nitrogens is 2. The van der Waals surface area contributed by atoms with E-state index >= 15 is 0 Å². The molecule has 2 rings (SSSR count). The highest BCUT2D eigenvalue weighted by Crippen LogP contribution is 2.19. The predicted octanol–water partition coefficient (Wildman–Crippen LogP) is 2.55. The summed E-state index contributed by atoms with van der Waals surface area (Å²) in [5.41, 5.74) is 1.72. The summed E-state index contributed by atoms with van der Waals surface area (Å²) < 4.78 is 0. The van der Waals surface area contributed by atoms with E-state index in [1.807, 2.05) is 6.07 Å². The van der Waals surface area contributed by atoms with Crippen LogP contribution in [0.25, 0.3) is 11.4 Å². The van der Waals surface area contributed by atoms with E-state index in [-0.39, 0.29) is 5.69 Å². The average molecular weight is 272 g/mol. The van der Waals surface area contributed by atoms with Crippen molar-refractivity contribution >= 4 is 5.69 Å². The van der Waals surface area contributed by atoms with E-state index < -0.39 is 4.92 Å². The lowest BCUT2D eigenvalue weighted by Crippen LogP contribution is -2.22. The van der Waals surface area contributed by atoms with Gasteiger partial charge in [-0.2, -0.15) is 0 Å². The van der Waals surface area contributed by atoms with E-state index in [1.54, 1.807) is 18.3 Å². The van der Waals surface area contributed by atoms with Gasteiger partial charge in [0.1, 0.15) is 0 Å². The third-order valence-corrected chi connectivity index (χ3v) is 2.74. The van der Waals surface area contributed by atoms with Gasteiger partial charge in [0.25, 0.3) is 5.69 Å².